The van der Waals surface area contributed by atoms with Gasteiger partial charge in [0.15, 0.2) is 0 Å². The summed E-state index contributed by atoms with van der Waals surface area (Å²) < 4.78 is 6.09. The van der Waals surface area contributed by atoms with Crippen LogP contribution in [-0.2, 0) is 0 Å². The van der Waals surface area contributed by atoms with Crippen LogP contribution < -0.4 is 15.6 Å². The molecule has 0 amide bonds. The van der Waals surface area contributed by atoms with E-state index in [1.54, 1.807) is 6.20 Å². The summed E-state index contributed by atoms with van der Waals surface area (Å²) in [6, 6.07) is 7.61. The van der Waals surface area contributed by atoms with Gasteiger partial charge in [0.25, 0.3) is 5.56 Å². The zero-order chi connectivity index (χ0) is 14.7. The number of aromatic nitrogens is 1. The van der Waals surface area contributed by atoms with Gasteiger partial charge in [-0.15, -0.1) is 0 Å². The predicted molar refractivity (Wildman–Crippen MR) is 84.9 cm³/mol. The molecule has 2 aromatic rings. The number of rotatable bonds is 5. The van der Waals surface area contributed by atoms with Crippen molar-refractivity contribution >= 4 is 10.8 Å². The van der Waals surface area contributed by atoms with Crippen molar-refractivity contribution in [2.24, 2.45) is 5.92 Å². The van der Waals surface area contributed by atoms with Gasteiger partial charge in [0, 0.05) is 11.6 Å². The highest BCUT2D eigenvalue weighted by molar-refractivity contribution is 5.82. The summed E-state index contributed by atoms with van der Waals surface area (Å²) >= 11 is 0. The third kappa shape index (κ3) is 3.27. The van der Waals surface area contributed by atoms with Crippen LogP contribution in [0.1, 0.15) is 26.2 Å². The molecule has 1 fully saturated rings. The summed E-state index contributed by atoms with van der Waals surface area (Å²) in [6.45, 7) is 4.25. The first kappa shape index (κ1) is 14.1. The molecule has 1 aliphatic rings. The lowest BCUT2D eigenvalue weighted by molar-refractivity contribution is 0.204. The Bertz CT molecular complexity index is 665. The average Bonchev–Trinajstić information content (AvgIpc) is 2.93. The molecule has 1 aliphatic carbocycles. The molecule has 0 saturated heterocycles. The second-order valence-electron chi connectivity index (χ2n) is 5.78. The maximum absolute atomic E-state index is 11.7. The van der Waals surface area contributed by atoms with Crippen LogP contribution in [-0.4, -0.2) is 24.2 Å². The molecule has 1 aromatic carbocycles. The molecule has 1 saturated carbocycles. The van der Waals surface area contributed by atoms with Crippen LogP contribution in [0, 0.1) is 5.92 Å². The molecular weight excluding hydrogens is 264 g/mol. The van der Waals surface area contributed by atoms with E-state index in [1.165, 1.54) is 6.42 Å². The maximum atomic E-state index is 11.7. The molecule has 1 aromatic heterocycles. The van der Waals surface area contributed by atoms with E-state index in [0.29, 0.717) is 11.5 Å². The van der Waals surface area contributed by atoms with E-state index in [1.807, 2.05) is 24.3 Å². The second-order valence-corrected chi connectivity index (χ2v) is 5.78. The standard InChI is InChI=1S/C17H22N2O2/c1-2-18-11-12-3-4-14(9-12)21-15-5-6-16-13(10-15)7-8-19-17(16)20/h5-8,10,12,14,18H,2-4,9,11H2,1H3,(H,19,20). The van der Waals surface area contributed by atoms with Crippen molar-refractivity contribution in [2.45, 2.75) is 32.3 Å². The SMILES string of the molecule is CCNCC1CCC(Oc2ccc3c(=O)[nH]ccc3c2)C1. The van der Waals surface area contributed by atoms with E-state index in [0.717, 1.165) is 43.0 Å². The summed E-state index contributed by atoms with van der Waals surface area (Å²) in [5.74, 6) is 1.58. The summed E-state index contributed by atoms with van der Waals surface area (Å²) in [4.78, 5) is 14.4. The van der Waals surface area contributed by atoms with Crippen LogP contribution in [0.4, 0.5) is 0 Å². The lowest BCUT2D eigenvalue weighted by Crippen LogP contribution is -2.22. The zero-order valence-corrected chi connectivity index (χ0v) is 12.4. The molecule has 21 heavy (non-hydrogen) atoms. The number of pyridine rings is 1. The maximum Gasteiger partial charge on any atom is 0.255 e. The molecular formula is C17H22N2O2. The quantitative estimate of drug-likeness (QED) is 0.888. The molecule has 1 heterocycles. The largest absolute Gasteiger partial charge is 0.490 e. The van der Waals surface area contributed by atoms with E-state index in [2.05, 4.69) is 17.2 Å². The molecule has 3 rings (SSSR count). The average molecular weight is 286 g/mol. The molecule has 4 heteroatoms. The van der Waals surface area contributed by atoms with Gasteiger partial charge >= 0.3 is 0 Å². The van der Waals surface area contributed by atoms with Crippen LogP contribution in [0.5, 0.6) is 5.75 Å². The molecule has 0 aliphatic heterocycles. The number of hydrogen-bond acceptors (Lipinski definition) is 3. The topological polar surface area (TPSA) is 54.1 Å². The minimum absolute atomic E-state index is 0.0504. The summed E-state index contributed by atoms with van der Waals surface area (Å²) in [6.07, 6.45) is 5.43. The van der Waals surface area contributed by atoms with Crippen molar-refractivity contribution in [1.82, 2.24) is 10.3 Å². The van der Waals surface area contributed by atoms with Gasteiger partial charge in [-0.1, -0.05) is 6.92 Å². The van der Waals surface area contributed by atoms with Gasteiger partial charge in [0.05, 0.1) is 6.10 Å². The number of aromatic amines is 1. The van der Waals surface area contributed by atoms with E-state index < -0.39 is 0 Å². The Balaban J connectivity index is 1.67. The fourth-order valence-corrected chi connectivity index (χ4v) is 3.11. The Hall–Kier alpha value is -1.81. The zero-order valence-electron chi connectivity index (χ0n) is 12.4. The Kier molecular flexibility index (Phi) is 4.25. The van der Waals surface area contributed by atoms with Crippen LogP contribution in [0.3, 0.4) is 0 Å². The van der Waals surface area contributed by atoms with Gasteiger partial charge in [0.2, 0.25) is 0 Å². The molecule has 2 atom stereocenters. The molecule has 0 bridgehead atoms. The molecule has 2 N–H and O–H groups in total. The van der Waals surface area contributed by atoms with Crippen molar-refractivity contribution in [3.05, 3.63) is 40.8 Å². The van der Waals surface area contributed by atoms with Crippen molar-refractivity contribution < 1.29 is 4.74 Å². The smallest absolute Gasteiger partial charge is 0.255 e. The minimum atomic E-state index is -0.0504. The van der Waals surface area contributed by atoms with Gasteiger partial charge in [-0.05, 0) is 67.9 Å². The monoisotopic (exact) mass is 286 g/mol. The lowest BCUT2D eigenvalue weighted by atomic mass is 10.1. The van der Waals surface area contributed by atoms with Crippen LogP contribution in [0.2, 0.25) is 0 Å². The first-order valence-electron chi connectivity index (χ1n) is 7.75. The van der Waals surface area contributed by atoms with Gasteiger partial charge in [0.1, 0.15) is 5.75 Å². The summed E-state index contributed by atoms with van der Waals surface area (Å²) in [5.41, 5.74) is -0.0504. The van der Waals surface area contributed by atoms with E-state index in [9.17, 15) is 4.79 Å². The van der Waals surface area contributed by atoms with Crippen LogP contribution in [0.25, 0.3) is 10.8 Å². The number of benzene rings is 1. The van der Waals surface area contributed by atoms with Gasteiger partial charge in [-0.25, -0.2) is 0 Å². The molecule has 112 valence electrons. The van der Waals surface area contributed by atoms with Crippen LogP contribution >= 0.6 is 0 Å². The summed E-state index contributed by atoms with van der Waals surface area (Å²) in [5, 5.41) is 5.05. The van der Waals surface area contributed by atoms with Crippen LogP contribution in [0.15, 0.2) is 35.3 Å². The molecule has 2 unspecified atom stereocenters. The second kappa shape index (κ2) is 6.31. The number of nitrogens with one attached hydrogen (secondary N) is 2. The highest BCUT2D eigenvalue weighted by atomic mass is 16.5. The van der Waals surface area contributed by atoms with Crippen molar-refractivity contribution in [1.29, 1.82) is 0 Å². The number of H-pyrrole nitrogens is 1. The van der Waals surface area contributed by atoms with Crippen molar-refractivity contribution in [3.63, 3.8) is 0 Å². The fourth-order valence-electron chi connectivity index (χ4n) is 3.11. The van der Waals surface area contributed by atoms with E-state index in [4.69, 9.17) is 4.74 Å². The number of hydrogen-bond donors (Lipinski definition) is 2. The Labute approximate surface area is 124 Å². The normalized spacial score (nSPS) is 21.8. The third-order valence-corrected chi connectivity index (χ3v) is 4.22. The highest BCUT2D eigenvalue weighted by Crippen LogP contribution is 2.29. The van der Waals surface area contributed by atoms with Gasteiger partial charge in [-0.2, -0.15) is 0 Å². The first-order valence-corrected chi connectivity index (χ1v) is 7.75. The van der Waals surface area contributed by atoms with E-state index >= 15 is 0 Å². The fraction of sp³-hybridized carbons (Fsp3) is 0.471. The van der Waals surface area contributed by atoms with Crippen molar-refractivity contribution in [3.8, 4) is 5.75 Å². The Morgan fingerprint density at radius 1 is 1.33 bits per heavy atom. The summed E-state index contributed by atoms with van der Waals surface area (Å²) in [7, 11) is 0. The lowest BCUT2D eigenvalue weighted by Gasteiger charge is -2.15. The number of ether oxygens (including phenoxy) is 1. The highest BCUT2D eigenvalue weighted by Gasteiger charge is 2.25. The Morgan fingerprint density at radius 3 is 3.10 bits per heavy atom. The van der Waals surface area contributed by atoms with Crippen molar-refractivity contribution in [2.75, 3.05) is 13.1 Å². The minimum Gasteiger partial charge on any atom is -0.490 e. The predicted octanol–water partition coefficient (Wildman–Crippen LogP) is 2.69. The van der Waals surface area contributed by atoms with Gasteiger partial charge < -0.3 is 15.0 Å². The first-order chi connectivity index (χ1) is 10.3. The molecule has 0 spiro atoms. The third-order valence-electron chi connectivity index (χ3n) is 4.22. The molecule has 4 nitrogen and oxygen atoms in total. The molecule has 0 radical (unpaired) electrons. The van der Waals surface area contributed by atoms with Gasteiger partial charge in [-0.3, -0.25) is 4.79 Å². The van der Waals surface area contributed by atoms with E-state index in [-0.39, 0.29) is 5.56 Å². The number of fused-ring (bicyclic) bond motifs is 1. The Morgan fingerprint density at radius 2 is 2.24 bits per heavy atom.